The minimum Gasteiger partial charge on any atom is -0.493 e. The first-order valence-electron chi connectivity index (χ1n) is 8.78. The molecule has 3 aromatic rings. The molecule has 1 amide bonds. The van der Waals surface area contributed by atoms with E-state index in [1.165, 1.54) is 0 Å². The first kappa shape index (κ1) is 18.7. The highest BCUT2D eigenvalue weighted by molar-refractivity contribution is 6.06. The van der Waals surface area contributed by atoms with Crippen LogP contribution in [0.15, 0.2) is 42.5 Å². The fourth-order valence-corrected chi connectivity index (χ4v) is 3.26. The lowest BCUT2D eigenvalue weighted by molar-refractivity contribution is 0.0785. The Bertz CT molecular complexity index is 998. The highest BCUT2D eigenvalue weighted by atomic mass is 16.5. The van der Waals surface area contributed by atoms with Crippen LogP contribution in [0.4, 0.5) is 0 Å². The Hall–Kier alpha value is -3.08. The molecule has 1 heterocycles. The molecule has 0 bridgehead atoms. The molecular formula is C22H24N2O3. The number of hydrogen-bond acceptors (Lipinski definition) is 4. The first-order valence-corrected chi connectivity index (χ1v) is 8.78. The summed E-state index contributed by atoms with van der Waals surface area (Å²) in [5.74, 6) is 1.24. The molecule has 0 atom stereocenters. The highest BCUT2D eigenvalue weighted by Crippen LogP contribution is 2.31. The lowest BCUT2D eigenvalue weighted by Crippen LogP contribution is -2.27. The predicted molar refractivity (Wildman–Crippen MR) is 107 cm³/mol. The van der Waals surface area contributed by atoms with E-state index < -0.39 is 0 Å². The molecule has 0 aliphatic carbocycles. The Labute approximate surface area is 159 Å². The minimum absolute atomic E-state index is 0.0547. The molecule has 27 heavy (non-hydrogen) atoms. The summed E-state index contributed by atoms with van der Waals surface area (Å²) in [6.45, 7) is 4.33. The third-order valence-electron chi connectivity index (χ3n) is 4.56. The number of ether oxygens (including phenoxy) is 2. The predicted octanol–water partition coefficient (Wildman–Crippen LogP) is 4.14. The number of benzene rings is 2. The van der Waals surface area contributed by atoms with Gasteiger partial charge in [0.2, 0.25) is 0 Å². The monoisotopic (exact) mass is 364 g/mol. The van der Waals surface area contributed by atoms with Gasteiger partial charge in [-0.2, -0.15) is 0 Å². The molecule has 0 saturated carbocycles. The number of methoxy groups -OCH3 is 2. The molecule has 3 rings (SSSR count). The Morgan fingerprint density at radius 1 is 1.07 bits per heavy atom. The summed E-state index contributed by atoms with van der Waals surface area (Å²) in [6, 6.07) is 13.5. The van der Waals surface area contributed by atoms with Gasteiger partial charge in [-0.25, -0.2) is 0 Å². The van der Waals surface area contributed by atoms with Crippen LogP contribution in [-0.2, 0) is 6.54 Å². The van der Waals surface area contributed by atoms with Gasteiger partial charge in [0.25, 0.3) is 5.91 Å². The molecule has 0 N–H and O–H groups in total. The normalized spacial score (nSPS) is 10.7. The van der Waals surface area contributed by atoms with Gasteiger partial charge in [0.05, 0.1) is 25.3 Å². The maximum atomic E-state index is 13.2. The molecule has 0 aliphatic rings. The Morgan fingerprint density at radius 2 is 1.85 bits per heavy atom. The van der Waals surface area contributed by atoms with Crippen LogP contribution in [0.25, 0.3) is 10.9 Å². The van der Waals surface area contributed by atoms with Gasteiger partial charge in [0, 0.05) is 30.2 Å². The molecule has 0 radical (unpaired) electrons. The van der Waals surface area contributed by atoms with E-state index in [-0.39, 0.29) is 5.91 Å². The van der Waals surface area contributed by atoms with Crippen molar-refractivity contribution in [1.29, 1.82) is 0 Å². The van der Waals surface area contributed by atoms with E-state index in [9.17, 15) is 4.79 Å². The summed E-state index contributed by atoms with van der Waals surface area (Å²) >= 11 is 0. The number of rotatable bonds is 5. The number of amides is 1. The van der Waals surface area contributed by atoms with E-state index in [0.29, 0.717) is 23.6 Å². The SMILES string of the molecule is COc1cccc(CN(C)C(=O)c2cc(C)nc3ccc(C)cc23)c1OC. The number of aryl methyl sites for hydroxylation is 2. The number of carbonyl (C=O) groups is 1. The summed E-state index contributed by atoms with van der Waals surface area (Å²) in [6.07, 6.45) is 0. The van der Waals surface area contributed by atoms with Crippen LogP contribution < -0.4 is 9.47 Å². The number of aromatic nitrogens is 1. The van der Waals surface area contributed by atoms with E-state index in [0.717, 1.165) is 27.7 Å². The molecule has 1 aromatic heterocycles. The van der Waals surface area contributed by atoms with Crippen LogP contribution in [0, 0.1) is 13.8 Å². The number of carbonyl (C=O) groups excluding carboxylic acids is 1. The van der Waals surface area contributed by atoms with Gasteiger partial charge >= 0.3 is 0 Å². The Kier molecular flexibility index (Phi) is 5.31. The third-order valence-corrected chi connectivity index (χ3v) is 4.56. The summed E-state index contributed by atoms with van der Waals surface area (Å²) in [4.78, 5) is 19.4. The van der Waals surface area contributed by atoms with Crippen molar-refractivity contribution < 1.29 is 14.3 Å². The van der Waals surface area contributed by atoms with E-state index in [1.54, 1.807) is 26.2 Å². The quantitative estimate of drug-likeness (QED) is 0.683. The fourth-order valence-electron chi connectivity index (χ4n) is 3.26. The zero-order chi connectivity index (χ0) is 19.6. The fraction of sp³-hybridized carbons (Fsp3) is 0.273. The van der Waals surface area contributed by atoms with Crippen molar-refractivity contribution in [3.63, 3.8) is 0 Å². The summed E-state index contributed by atoms with van der Waals surface area (Å²) in [7, 11) is 5.00. The Balaban J connectivity index is 1.97. The second-order valence-electron chi connectivity index (χ2n) is 6.65. The van der Waals surface area contributed by atoms with Crippen molar-refractivity contribution in [1.82, 2.24) is 9.88 Å². The van der Waals surface area contributed by atoms with Crippen LogP contribution in [-0.4, -0.2) is 37.1 Å². The van der Waals surface area contributed by atoms with Gasteiger partial charge in [-0.05, 0) is 38.1 Å². The van der Waals surface area contributed by atoms with Crippen molar-refractivity contribution in [2.75, 3.05) is 21.3 Å². The molecule has 140 valence electrons. The van der Waals surface area contributed by atoms with E-state index in [2.05, 4.69) is 4.98 Å². The van der Waals surface area contributed by atoms with E-state index >= 15 is 0 Å². The van der Waals surface area contributed by atoms with Crippen molar-refractivity contribution in [2.45, 2.75) is 20.4 Å². The molecule has 5 nitrogen and oxygen atoms in total. The molecule has 0 saturated heterocycles. The van der Waals surface area contributed by atoms with Gasteiger partial charge in [0.15, 0.2) is 11.5 Å². The smallest absolute Gasteiger partial charge is 0.254 e. The average molecular weight is 364 g/mol. The zero-order valence-electron chi connectivity index (χ0n) is 16.4. The molecule has 0 aliphatic heterocycles. The number of fused-ring (bicyclic) bond motifs is 1. The van der Waals surface area contributed by atoms with Gasteiger partial charge in [0.1, 0.15) is 0 Å². The maximum absolute atomic E-state index is 13.2. The lowest BCUT2D eigenvalue weighted by atomic mass is 10.0. The van der Waals surface area contributed by atoms with Crippen LogP contribution in [0.1, 0.15) is 27.2 Å². The summed E-state index contributed by atoms with van der Waals surface area (Å²) in [5, 5.41) is 0.870. The topological polar surface area (TPSA) is 51.7 Å². The number of para-hydroxylation sites is 1. The van der Waals surface area contributed by atoms with Crippen LogP contribution >= 0.6 is 0 Å². The number of hydrogen-bond donors (Lipinski definition) is 0. The van der Waals surface area contributed by atoms with Gasteiger partial charge in [-0.1, -0.05) is 23.8 Å². The largest absolute Gasteiger partial charge is 0.493 e. The maximum Gasteiger partial charge on any atom is 0.254 e. The first-order chi connectivity index (χ1) is 12.9. The van der Waals surface area contributed by atoms with Gasteiger partial charge < -0.3 is 14.4 Å². The average Bonchev–Trinajstić information content (AvgIpc) is 2.66. The van der Waals surface area contributed by atoms with Crippen molar-refractivity contribution >= 4 is 16.8 Å². The Morgan fingerprint density at radius 3 is 2.56 bits per heavy atom. The highest BCUT2D eigenvalue weighted by Gasteiger charge is 2.19. The molecule has 0 spiro atoms. The van der Waals surface area contributed by atoms with Crippen molar-refractivity contribution in [3.05, 3.63) is 64.8 Å². The van der Waals surface area contributed by atoms with E-state index in [4.69, 9.17) is 9.47 Å². The van der Waals surface area contributed by atoms with Crippen LogP contribution in [0.3, 0.4) is 0 Å². The van der Waals surface area contributed by atoms with Gasteiger partial charge in [-0.3, -0.25) is 9.78 Å². The molecule has 2 aromatic carbocycles. The van der Waals surface area contributed by atoms with E-state index in [1.807, 2.05) is 56.3 Å². The minimum atomic E-state index is -0.0547. The number of nitrogens with zero attached hydrogens (tertiary/aromatic N) is 2. The van der Waals surface area contributed by atoms with Crippen LogP contribution in [0.2, 0.25) is 0 Å². The second kappa shape index (κ2) is 7.66. The lowest BCUT2D eigenvalue weighted by Gasteiger charge is -2.21. The molecule has 0 unspecified atom stereocenters. The molecule has 0 fully saturated rings. The zero-order valence-corrected chi connectivity index (χ0v) is 16.4. The second-order valence-corrected chi connectivity index (χ2v) is 6.65. The van der Waals surface area contributed by atoms with Crippen LogP contribution in [0.5, 0.6) is 11.5 Å². The molecular weight excluding hydrogens is 340 g/mol. The van der Waals surface area contributed by atoms with Gasteiger partial charge in [-0.15, -0.1) is 0 Å². The standard InChI is InChI=1S/C22H24N2O3/c1-14-9-10-19-17(11-14)18(12-15(2)23-19)22(25)24(3)13-16-7-6-8-20(26-4)21(16)27-5/h6-12H,13H2,1-5H3. The summed E-state index contributed by atoms with van der Waals surface area (Å²) in [5.41, 5.74) is 4.29. The van der Waals surface area contributed by atoms with Crippen molar-refractivity contribution in [2.24, 2.45) is 0 Å². The third kappa shape index (κ3) is 3.72. The molecule has 5 heteroatoms. The summed E-state index contributed by atoms with van der Waals surface area (Å²) < 4.78 is 10.8. The van der Waals surface area contributed by atoms with Crippen molar-refractivity contribution in [3.8, 4) is 11.5 Å². The number of pyridine rings is 1.